The van der Waals surface area contributed by atoms with Crippen molar-refractivity contribution in [3.63, 3.8) is 0 Å². The molecular formula is C11H12F3N. The largest absolute Gasteiger partial charge is 0.324 e. The van der Waals surface area contributed by atoms with Gasteiger partial charge in [-0.3, -0.25) is 0 Å². The molecule has 15 heavy (non-hydrogen) atoms. The highest BCUT2D eigenvalue weighted by molar-refractivity contribution is 5.43. The molecular weight excluding hydrogens is 203 g/mol. The molecule has 0 aromatic heterocycles. The number of benzene rings is 1. The number of nitrogens with two attached hydrogens (primary N) is 1. The van der Waals surface area contributed by atoms with E-state index in [0.29, 0.717) is 12.5 Å². The lowest BCUT2D eigenvalue weighted by Crippen LogP contribution is -2.15. The third kappa shape index (κ3) is 1.35. The van der Waals surface area contributed by atoms with Gasteiger partial charge < -0.3 is 5.73 Å². The molecule has 0 saturated heterocycles. The molecule has 1 aromatic carbocycles. The van der Waals surface area contributed by atoms with Crippen LogP contribution in [-0.4, -0.2) is 0 Å². The van der Waals surface area contributed by atoms with Gasteiger partial charge in [-0.1, -0.05) is 13.8 Å². The summed E-state index contributed by atoms with van der Waals surface area (Å²) in [6.45, 7) is 3.55. The molecule has 2 N–H and O–H groups in total. The van der Waals surface area contributed by atoms with Crippen LogP contribution in [0.25, 0.3) is 0 Å². The second-order valence-corrected chi connectivity index (χ2v) is 4.64. The Labute approximate surface area is 86.1 Å². The highest BCUT2D eigenvalue weighted by Gasteiger charge is 2.40. The van der Waals surface area contributed by atoms with E-state index in [1.807, 2.05) is 0 Å². The first-order valence-corrected chi connectivity index (χ1v) is 4.78. The van der Waals surface area contributed by atoms with Gasteiger partial charge in [0.1, 0.15) is 5.82 Å². The Morgan fingerprint density at radius 1 is 1.27 bits per heavy atom. The van der Waals surface area contributed by atoms with E-state index in [1.54, 1.807) is 13.8 Å². The first kappa shape index (κ1) is 10.5. The predicted octanol–water partition coefficient (Wildman–Crippen LogP) is 2.79. The zero-order valence-corrected chi connectivity index (χ0v) is 8.57. The molecule has 2 rings (SSSR count). The predicted molar refractivity (Wildman–Crippen MR) is 50.9 cm³/mol. The molecule has 0 radical (unpaired) electrons. The van der Waals surface area contributed by atoms with Crippen LogP contribution in [0, 0.1) is 17.5 Å². The summed E-state index contributed by atoms with van der Waals surface area (Å²) < 4.78 is 40.0. The molecule has 0 spiro atoms. The zero-order valence-electron chi connectivity index (χ0n) is 8.57. The van der Waals surface area contributed by atoms with Gasteiger partial charge in [0, 0.05) is 23.2 Å². The third-order valence-electron chi connectivity index (χ3n) is 2.99. The van der Waals surface area contributed by atoms with Crippen molar-refractivity contribution in [3.8, 4) is 0 Å². The van der Waals surface area contributed by atoms with E-state index >= 15 is 0 Å². The van der Waals surface area contributed by atoms with Crippen molar-refractivity contribution in [1.29, 1.82) is 0 Å². The van der Waals surface area contributed by atoms with E-state index in [4.69, 9.17) is 5.73 Å². The van der Waals surface area contributed by atoms with Crippen LogP contribution in [-0.2, 0) is 5.41 Å². The monoisotopic (exact) mass is 215 g/mol. The van der Waals surface area contributed by atoms with Crippen LogP contribution in [0.15, 0.2) is 6.07 Å². The normalized spacial score (nSPS) is 22.9. The minimum atomic E-state index is -1.17. The lowest BCUT2D eigenvalue weighted by Gasteiger charge is -2.19. The molecule has 1 nitrogen and oxygen atoms in total. The van der Waals surface area contributed by atoms with Crippen molar-refractivity contribution in [2.75, 3.05) is 0 Å². The summed E-state index contributed by atoms with van der Waals surface area (Å²) in [4.78, 5) is 0. The van der Waals surface area contributed by atoms with Crippen LogP contribution >= 0.6 is 0 Å². The van der Waals surface area contributed by atoms with Crippen molar-refractivity contribution < 1.29 is 13.2 Å². The summed E-state index contributed by atoms with van der Waals surface area (Å²) in [7, 11) is 0. The molecule has 0 unspecified atom stereocenters. The molecule has 0 heterocycles. The van der Waals surface area contributed by atoms with Crippen LogP contribution in [0.2, 0.25) is 0 Å². The number of hydrogen-bond donors (Lipinski definition) is 1. The molecule has 1 aliphatic rings. The summed E-state index contributed by atoms with van der Waals surface area (Å²) in [5.74, 6) is -2.88. The smallest absolute Gasteiger partial charge is 0.164 e. The van der Waals surface area contributed by atoms with Gasteiger partial charge in [-0.05, 0) is 11.8 Å². The summed E-state index contributed by atoms with van der Waals surface area (Å²) in [5.41, 5.74) is 5.37. The molecule has 1 atom stereocenters. The average Bonchev–Trinajstić information content (AvgIpc) is 2.32. The van der Waals surface area contributed by atoms with Crippen LogP contribution in [0.3, 0.4) is 0 Å². The maximum atomic E-state index is 13.5. The Morgan fingerprint density at radius 3 is 2.47 bits per heavy atom. The average molecular weight is 215 g/mol. The van der Waals surface area contributed by atoms with Crippen molar-refractivity contribution >= 4 is 0 Å². The van der Waals surface area contributed by atoms with Crippen LogP contribution in [0.5, 0.6) is 0 Å². The van der Waals surface area contributed by atoms with E-state index in [0.717, 1.165) is 0 Å². The van der Waals surface area contributed by atoms with Gasteiger partial charge in [-0.15, -0.1) is 0 Å². The van der Waals surface area contributed by atoms with Crippen molar-refractivity contribution in [3.05, 3.63) is 34.6 Å². The minimum Gasteiger partial charge on any atom is -0.324 e. The summed E-state index contributed by atoms with van der Waals surface area (Å²) in [6.07, 6.45) is 0.430. The summed E-state index contributed by atoms with van der Waals surface area (Å²) in [6, 6.07) is -0.0336. The van der Waals surface area contributed by atoms with E-state index in [2.05, 4.69) is 0 Å². The van der Waals surface area contributed by atoms with Gasteiger partial charge in [-0.25, -0.2) is 13.2 Å². The standard InChI is InChI=1S/C11H12F3N/c1-11(2)4-7(15)8-9(11)5(12)3-6(13)10(8)14/h3,7H,4,15H2,1-2H3/t7-/m0/s1. The Bertz CT molecular complexity index is 426. The van der Waals surface area contributed by atoms with Crippen molar-refractivity contribution in [2.45, 2.75) is 31.7 Å². The van der Waals surface area contributed by atoms with Crippen molar-refractivity contribution in [2.24, 2.45) is 5.73 Å². The van der Waals surface area contributed by atoms with Gasteiger partial charge >= 0.3 is 0 Å². The lowest BCUT2D eigenvalue weighted by atomic mass is 9.86. The molecule has 1 aromatic rings. The fourth-order valence-corrected chi connectivity index (χ4v) is 2.40. The topological polar surface area (TPSA) is 26.0 Å². The fraction of sp³-hybridized carbons (Fsp3) is 0.455. The first-order valence-electron chi connectivity index (χ1n) is 4.78. The first-order chi connectivity index (χ1) is 6.84. The Balaban J connectivity index is 2.78. The molecule has 4 heteroatoms. The molecule has 0 saturated carbocycles. The van der Waals surface area contributed by atoms with Gasteiger partial charge in [-0.2, -0.15) is 0 Å². The van der Waals surface area contributed by atoms with E-state index in [-0.39, 0.29) is 11.1 Å². The van der Waals surface area contributed by atoms with Gasteiger partial charge in [0.05, 0.1) is 0 Å². The van der Waals surface area contributed by atoms with Crippen molar-refractivity contribution in [1.82, 2.24) is 0 Å². The maximum absolute atomic E-state index is 13.5. The summed E-state index contributed by atoms with van der Waals surface area (Å²) >= 11 is 0. The van der Waals surface area contributed by atoms with E-state index in [9.17, 15) is 13.2 Å². The molecule has 82 valence electrons. The Kier molecular flexibility index (Phi) is 2.08. The van der Waals surface area contributed by atoms with Crippen LogP contribution in [0.4, 0.5) is 13.2 Å². The SMILES string of the molecule is CC1(C)C[C@H](N)c2c(F)c(F)cc(F)c21. The van der Waals surface area contributed by atoms with Gasteiger partial charge in [0.2, 0.25) is 0 Å². The fourth-order valence-electron chi connectivity index (χ4n) is 2.40. The van der Waals surface area contributed by atoms with Crippen LogP contribution < -0.4 is 5.73 Å². The zero-order chi connectivity index (χ0) is 11.4. The Hall–Kier alpha value is -1.03. The van der Waals surface area contributed by atoms with Crippen LogP contribution in [0.1, 0.15) is 37.4 Å². The highest BCUT2D eigenvalue weighted by atomic mass is 19.2. The second kappa shape index (κ2) is 2.98. The highest BCUT2D eigenvalue weighted by Crippen LogP contribution is 2.46. The minimum absolute atomic E-state index is 0.00231. The quantitative estimate of drug-likeness (QED) is 0.661. The second-order valence-electron chi connectivity index (χ2n) is 4.64. The van der Waals surface area contributed by atoms with Gasteiger partial charge in [0.15, 0.2) is 11.6 Å². The van der Waals surface area contributed by atoms with Gasteiger partial charge in [0.25, 0.3) is 0 Å². The van der Waals surface area contributed by atoms with E-state index < -0.39 is 28.9 Å². The molecule has 0 amide bonds. The summed E-state index contributed by atoms with van der Waals surface area (Å²) in [5, 5.41) is 0. The maximum Gasteiger partial charge on any atom is 0.164 e. The number of hydrogen-bond acceptors (Lipinski definition) is 1. The molecule has 0 fully saturated rings. The van der Waals surface area contributed by atoms with E-state index in [1.165, 1.54) is 0 Å². The number of rotatable bonds is 0. The molecule has 0 aliphatic heterocycles. The number of fused-ring (bicyclic) bond motifs is 1. The number of halogens is 3. The molecule has 1 aliphatic carbocycles. The molecule has 0 bridgehead atoms. The lowest BCUT2D eigenvalue weighted by molar-refractivity contribution is 0.460. The Morgan fingerprint density at radius 2 is 1.87 bits per heavy atom. The third-order valence-corrected chi connectivity index (χ3v) is 2.99.